The van der Waals surface area contributed by atoms with Crippen molar-refractivity contribution in [2.45, 2.75) is 251 Å². The molecule has 1 amide bonds. The van der Waals surface area contributed by atoms with Crippen molar-refractivity contribution in [3.05, 3.63) is 60.8 Å². The average molecular weight is 933 g/mol. The summed E-state index contributed by atoms with van der Waals surface area (Å²) in [7, 11) is 1.29. The molecule has 3 unspecified atom stereocenters. The number of carbonyl (C=O) groups is 1. The van der Waals surface area contributed by atoms with Crippen LogP contribution in [0, 0.1) is 0 Å². The predicted molar refractivity (Wildman–Crippen MR) is 279 cm³/mol. The lowest BCUT2D eigenvalue weighted by Gasteiger charge is -2.30. The van der Waals surface area contributed by atoms with Crippen LogP contribution in [-0.4, -0.2) is 68.5 Å². The Bertz CT molecular complexity index is 1240. The second-order valence-electron chi connectivity index (χ2n) is 19.6. The van der Waals surface area contributed by atoms with Gasteiger partial charge in [0.05, 0.1) is 39.9 Å². The van der Waals surface area contributed by atoms with E-state index in [1.165, 1.54) is 128 Å². The number of aliphatic hydroxyl groups is 1. The number of allylic oxidation sites excluding steroid dienone is 10. The lowest BCUT2D eigenvalue weighted by molar-refractivity contribution is -0.870. The van der Waals surface area contributed by atoms with Crippen molar-refractivity contribution in [3.63, 3.8) is 0 Å². The van der Waals surface area contributed by atoms with Crippen LogP contribution in [0.25, 0.3) is 0 Å². The molecule has 380 valence electrons. The van der Waals surface area contributed by atoms with E-state index in [9.17, 15) is 19.4 Å². The Morgan fingerprint density at radius 2 is 0.938 bits per heavy atom. The Morgan fingerprint density at radius 1 is 0.554 bits per heavy atom. The number of rotatable bonds is 49. The number of carbonyl (C=O) groups excluding carboxylic acids is 1. The maximum absolute atomic E-state index is 13.0. The number of phosphoric acid groups is 1. The Hall–Kier alpha value is -1.80. The molecule has 0 aliphatic heterocycles. The molecular formula is C56H105N2O6P. The molecule has 0 aliphatic carbocycles. The number of amides is 1. The first kappa shape index (κ1) is 63.2. The molecule has 0 rings (SSSR count). The molecule has 9 heteroatoms. The van der Waals surface area contributed by atoms with Gasteiger partial charge in [-0.1, -0.05) is 235 Å². The van der Waals surface area contributed by atoms with Crippen LogP contribution < -0.4 is 10.2 Å². The number of hydrogen-bond donors (Lipinski definition) is 2. The maximum atomic E-state index is 13.0. The monoisotopic (exact) mass is 933 g/mol. The van der Waals surface area contributed by atoms with Crippen molar-refractivity contribution in [1.82, 2.24) is 5.32 Å². The standard InChI is InChI=1S/C56H105N2O6P/c1-6-8-10-12-14-16-18-20-22-24-26-28-29-30-32-34-36-38-40-42-44-46-48-50-56(60)57-54(53-64-65(61,62)63-52-51-58(3,4)5)55(59)49-47-45-43-41-39-37-35-33-31-27-25-23-21-19-17-15-13-11-9-7-2/h8,10,14,16,20,22,26,28,30,32,54-55,59H,6-7,9,11-13,15,17-19,21,23-25,27,29,31,33-53H2,1-5H3,(H-,57,60,61,62)/b10-8-,16-14-,22-20-,28-26-,32-30-. The van der Waals surface area contributed by atoms with Gasteiger partial charge in [0.2, 0.25) is 5.91 Å². The maximum Gasteiger partial charge on any atom is 0.268 e. The summed E-state index contributed by atoms with van der Waals surface area (Å²) in [6.07, 6.45) is 62.3. The number of aliphatic hydroxyl groups excluding tert-OH is 1. The van der Waals surface area contributed by atoms with Crippen molar-refractivity contribution < 1.29 is 32.9 Å². The summed E-state index contributed by atoms with van der Waals surface area (Å²) in [5.74, 6) is -0.176. The molecule has 65 heavy (non-hydrogen) atoms. The third kappa shape index (κ3) is 49.9. The number of likely N-dealkylation sites (N-methyl/N-ethyl adjacent to an activating group) is 1. The van der Waals surface area contributed by atoms with Crippen LogP contribution in [0.15, 0.2) is 60.8 Å². The van der Waals surface area contributed by atoms with E-state index in [2.05, 4.69) is 79.9 Å². The Labute approximate surface area is 402 Å². The summed E-state index contributed by atoms with van der Waals surface area (Å²) < 4.78 is 23.4. The highest BCUT2D eigenvalue weighted by Gasteiger charge is 2.24. The smallest absolute Gasteiger partial charge is 0.268 e. The summed E-state index contributed by atoms with van der Waals surface area (Å²) in [5.41, 5.74) is 0. The van der Waals surface area contributed by atoms with E-state index >= 15 is 0 Å². The topological polar surface area (TPSA) is 108 Å². The van der Waals surface area contributed by atoms with E-state index in [1.54, 1.807) is 0 Å². The molecule has 0 aromatic rings. The van der Waals surface area contributed by atoms with E-state index in [1.807, 2.05) is 21.1 Å². The van der Waals surface area contributed by atoms with Crippen LogP contribution in [-0.2, 0) is 18.4 Å². The zero-order valence-corrected chi connectivity index (χ0v) is 44.1. The predicted octanol–water partition coefficient (Wildman–Crippen LogP) is 15.5. The van der Waals surface area contributed by atoms with Gasteiger partial charge in [0.15, 0.2) is 0 Å². The molecule has 3 atom stereocenters. The minimum Gasteiger partial charge on any atom is -0.756 e. The van der Waals surface area contributed by atoms with E-state index in [0.717, 1.165) is 83.5 Å². The summed E-state index contributed by atoms with van der Waals surface area (Å²) in [4.78, 5) is 25.5. The van der Waals surface area contributed by atoms with Gasteiger partial charge in [0.1, 0.15) is 13.2 Å². The van der Waals surface area contributed by atoms with Crippen LogP contribution in [0.4, 0.5) is 0 Å². The van der Waals surface area contributed by atoms with Gasteiger partial charge in [-0.3, -0.25) is 9.36 Å². The van der Waals surface area contributed by atoms with Crippen molar-refractivity contribution in [1.29, 1.82) is 0 Å². The van der Waals surface area contributed by atoms with Crippen LogP contribution in [0.2, 0.25) is 0 Å². The first-order valence-electron chi connectivity index (χ1n) is 27.1. The molecule has 0 radical (unpaired) electrons. The number of nitrogens with one attached hydrogen (secondary N) is 1. The fourth-order valence-corrected chi connectivity index (χ4v) is 8.50. The summed E-state index contributed by atoms with van der Waals surface area (Å²) >= 11 is 0. The molecule has 0 aromatic carbocycles. The van der Waals surface area contributed by atoms with Gasteiger partial charge in [0.25, 0.3) is 7.82 Å². The second kappa shape index (κ2) is 47.3. The SMILES string of the molecule is CC/C=C\C/C=C\C/C=C\C/C=C\C/C=C\CCCCCCCCCC(=O)NC(COP(=O)([O-])OCC[N+](C)(C)C)C(O)CCCCCCCCCCCCCCCCCCCCCC. The van der Waals surface area contributed by atoms with Gasteiger partial charge in [0, 0.05) is 6.42 Å². The summed E-state index contributed by atoms with van der Waals surface area (Å²) in [6, 6.07) is -0.810. The van der Waals surface area contributed by atoms with Crippen molar-refractivity contribution in [3.8, 4) is 0 Å². The quantitative estimate of drug-likeness (QED) is 0.0272. The van der Waals surface area contributed by atoms with E-state index in [4.69, 9.17) is 9.05 Å². The highest BCUT2D eigenvalue weighted by molar-refractivity contribution is 7.45. The lowest BCUT2D eigenvalue weighted by atomic mass is 10.0. The first-order chi connectivity index (χ1) is 31.5. The zero-order valence-electron chi connectivity index (χ0n) is 43.2. The molecule has 0 heterocycles. The molecule has 0 saturated heterocycles. The molecule has 0 aliphatic rings. The van der Waals surface area contributed by atoms with Gasteiger partial charge in [-0.2, -0.15) is 0 Å². The van der Waals surface area contributed by atoms with Crippen LogP contribution >= 0.6 is 7.82 Å². The van der Waals surface area contributed by atoms with E-state index in [0.29, 0.717) is 23.9 Å². The molecule has 0 spiro atoms. The third-order valence-corrected chi connectivity index (χ3v) is 13.0. The summed E-state index contributed by atoms with van der Waals surface area (Å²) in [5, 5.41) is 14.0. The van der Waals surface area contributed by atoms with Gasteiger partial charge >= 0.3 is 0 Å². The lowest BCUT2D eigenvalue weighted by Crippen LogP contribution is -2.46. The first-order valence-corrected chi connectivity index (χ1v) is 28.6. The van der Waals surface area contributed by atoms with Crippen molar-refractivity contribution in [2.75, 3.05) is 40.9 Å². The Morgan fingerprint density at radius 3 is 1.37 bits per heavy atom. The molecule has 2 N–H and O–H groups in total. The molecule has 0 fully saturated rings. The minimum absolute atomic E-state index is 0.00750. The fourth-order valence-electron chi connectivity index (χ4n) is 7.77. The van der Waals surface area contributed by atoms with Gasteiger partial charge < -0.3 is 28.8 Å². The van der Waals surface area contributed by atoms with Crippen LogP contribution in [0.5, 0.6) is 0 Å². The van der Waals surface area contributed by atoms with Crippen molar-refractivity contribution >= 4 is 13.7 Å². The summed E-state index contributed by atoms with van der Waals surface area (Å²) in [6.45, 7) is 4.61. The molecular weight excluding hydrogens is 828 g/mol. The molecule has 0 bridgehead atoms. The third-order valence-electron chi connectivity index (χ3n) is 12.0. The van der Waals surface area contributed by atoms with Gasteiger partial charge in [-0.15, -0.1) is 0 Å². The Balaban J connectivity index is 4.26. The molecule has 8 nitrogen and oxygen atoms in total. The van der Waals surface area contributed by atoms with Crippen molar-refractivity contribution in [2.24, 2.45) is 0 Å². The minimum atomic E-state index is -4.58. The van der Waals surface area contributed by atoms with Crippen LogP contribution in [0.3, 0.4) is 0 Å². The number of hydrogen-bond acceptors (Lipinski definition) is 6. The Kier molecular flexibility index (Phi) is 46.0. The van der Waals surface area contributed by atoms with Gasteiger partial charge in [-0.25, -0.2) is 0 Å². The van der Waals surface area contributed by atoms with E-state index in [-0.39, 0.29) is 19.1 Å². The van der Waals surface area contributed by atoms with E-state index < -0.39 is 20.0 Å². The second-order valence-corrected chi connectivity index (χ2v) is 21.0. The fraction of sp³-hybridized carbons (Fsp3) is 0.804. The molecule has 0 saturated carbocycles. The number of nitrogens with zero attached hydrogens (tertiary/aromatic N) is 1. The molecule has 0 aromatic heterocycles. The number of quaternary nitrogens is 1. The van der Waals surface area contributed by atoms with Gasteiger partial charge in [-0.05, 0) is 57.8 Å². The average Bonchev–Trinajstić information content (AvgIpc) is 3.26. The number of unbranched alkanes of at least 4 members (excludes halogenated alkanes) is 26. The largest absolute Gasteiger partial charge is 0.756 e. The number of phosphoric ester groups is 1. The highest BCUT2D eigenvalue weighted by Crippen LogP contribution is 2.38. The van der Waals surface area contributed by atoms with Crippen LogP contribution in [0.1, 0.15) is 239 Å². The highest BCUT2D eigenvalue weighted by atomic mass is 31.2. The normalized spacial score (nSPS) is 14.5. The zero-order chi connectivity index (χ0) is 47.8.